The number of rotatable bonds is 3. The number of hydrogen-bond acceptors (Lipinski definition) is 4. The summed E-state index contributed by atoms with van der Waals surface area (Å²) in [5.74, 6) is 0.0561. The SMILES string of the molecule is O=C(c1nc(-c2cccs2)n(-c2cccc(C(F)(F)F)c2)n1)N1CCCC1. The summed E-state index contributed by atoms with van der Waals surface area (Å²) >= 11 is 1.38. The van der Waals surface area contributed by atoms with Gasteiger partial charge in [0.15, 0.2) is 5.82 Å². The summed E-state index contributed by atoms with van der Waals surface area (Å²) in [6.45, 7) is 1.29. The van der Waals surface area contributed by atoms with Crippen molar-refractivity contribution in [2.24, 2.45) is 0 Å². The normalized spacial score (nSPS) is 14.7. The number of thiophene rings is 1. The maximum absolute atomic E-state index is 13.1. The number of hydrogen-bond donors (Lipinski definition) is 0. The van der Waals surface area contributed by atoms with Crippen LogP contribution in [0.5, 0.6) is 0 Å². The van der Waals surface area contributed by atoms with E-state index >= 15 is 0 Å². The molecule has 1 aromatic carbocycles. The van der Waals surface area contributed by atoms with Gasteiger partial charge >= 0.3 is 6.18 Å². The lowest BCUT2D eigenvalue weighted by atomic mass is 10.2. The number of amides is 1. The first-order chi connectivity index (χ1) is 12.9. The molecule has 3 aromatic rings. The second-order valence-electron chi connectivity index (χ2n) is 6.20. The first-order valence-electron chi connectivity index (χ1n) is 8.41. The summed E-state index contributed by atoms with van der Waals surface area (Å²) in [6.07, 6.45) is -2.61. The standard InChI is InChI=1S/C18H15F3N4OS/c19-18(20,21)12-5-3-6-13(11-12)25-16(14-7-4-10-27-14)22-15(23-25)17(26)24-8-1-2-9-24/h3-7,10-11H,1-2,8-9H2. The molecule has 1 amide bonds. The third-order valence-electron chi connectivity index (χ3n) is 4.35. The van der Waals surface area contributed by atoms with Gasteiger partial charge in [-0.1, -0.05) is 12.1 Å². The van der Waals surface area contributed by atoms with Gasteiger partial charge in [0.1, 0.15) is 0 Å². The Labute approximate surface area is 157 Å². The van der Waals surface area contributed by atoms with Gasteiger partial charge in [-0.05, 0) is 42.5 Å². The van der Waals surface area contributed by atoms with Crippen LogP contribution in [-0.4, -0.2) is 38.7 Å². The Kier molecular flexibility index (Phi) is 4.47. The van der Waals surface area contributed by atoms with Gasteiger partial charge in [0.05, 0.1) is 16.1 Å². The van der Waals surface area contributed by atoms with Crippen molar-refractivity contribution in [3.63, 3.8) is 0 Å². The van der Waals surface area contributed by atoms with Crippen molar-refractivity contribution >= 4 is 17.2 Å². The molecule has 1 aliphatic heterocycles. The van der Waals surface area contributed by atoms with Crippen LogP contribution in [0.4, 0.5) is 13.2 Å². The number of benzene rings is 1. The van der Waals surface area contributed by atoms with E-state index < -0.39 is 11.7 Å². The smallest absolute Gasteiger partial charge is 0.336 e. The van der Waals surface area contributed by atoms with Crippen LogP contribution in [0.1, 0.15) is 29.0 Å². The van der Waals surface area contributed by atoms with Crippen molar-refractivity contribution < 1.29 is 18.0 Å². The molecule has 0 bridgehead atoms. The van der Waals surface area contributed by atoms with Crippen LogP contribution in [0.15, 0.2) is 41.8 Å². The first-order valence-corrected chi connectivity index (χ1v) is 9.29. The zero-order valence-corrected chi connectivity index (χ0v) is 14.9. The second-order valence-corrected chi connectivity index (χ2v) is 7.14. The van der Waals surface area contributed by atoms with Gasteiger partial charge in [-0.2, -0.15) is 13.2 Å². The van der Waals surface area contributed by atoms with Crippen molar-refractivity contribution in [3.8, 4) is 16.4 Å². The molecule has 3 heterocycles. The molecule has 1 saturated heterocycles. The third-order valence-corrected chi connectivity index (χ3v) is 5.22. The molecular weight excluding hydrogens is 377 g/mol. The van der Waals surface area contributed by atoms with Crippen molar-refractivity contribution in [2.45, 2.75) is 19.0 Å². The van der Waals surface area contributed by atoms with E-state index in [0.29, 0.717) is 18.9 Å². The molecule has 0 spiro atoms. The van der Waals surface area contributed by atoms with E-state index in [2.05, 4.69) is 10.1 Å². The Bertz CT molecular complexity index is 959. The van der Waals surface area contributed by atoms with Crippen LogP contribution in [0.3, 0.4) is 0 Å². The number of halogens is 3. The maximum Gasteiger partial charge on any atom is 0.416 e. The zero-order valence-electron chi connectivity index (χ0n) is 14.1. The Morgan fingerprint density at radius 3 is 2.56 bits per heavy atom. The van der Waals surface area contributed by atoms with Crippen LogP contribution in [0.2, 0.25) is 0 Å². The van der Waals surface area contributed by atoms with Gasteiger partial charge < -0.3 is 4.90 Å². The molecule has 0 aliphatic carbocycles. The third kappa shape index (κ3) is 3.46. The average molecular weight is 392 g/mol. The van der Waals surface area contributed by atoms with E-state index in [4.69, 9.17) is 0 Å². The fourth-order valence-corrected chi connectivity index (χ4v) is 3.72. The van der Waals surface area contributed by atoms with E-state index in [1.54, 1.807) is 11.0 Å². The fourth-order valence-electron chi connectivity index (χ4n) is 3.02. The Hall–Kier alpha value is -2.68. The van der Waals surface area contributed by atoms with Crippen LogP contribution >= 0.6 is 11.3 Å². The quantitative estimate of drug-likeness (QED) is 0.670. The highest BCUT2D eigenvalue weighted by molar-refractivity contribution is 7.13. The predicted molar refractivity (Wildman–Crippen MR) is 94.8 cm³/mol. The van der Waals surface area contributed by atoms with Gasteiger partial charge in [-0.25, -0.2) is 9.67 Å². The molecule has 2 aromatic heterocycles. The molecule has 140 valence electrons. The highest BCUT2D eigenvalue weighted by Crippen LogP contribution is 2.32. The molecule has 0 N–H and O–H groups in total. The lowest BCUT2D eigenvalue weighted by Crippen LogP contribution is -2.28. The van der Waals surface area contributed by atoms with Crippen LogP contribution in [0, 0.1) is 0 Å². The number of carbonyl (C=O) groups is 1. The van der Waals surface area contributed by atoms with Gasteiger partial charge in [0, 0.05) is 13.1 Å². The molecule has 1 aliphatic rings. The minimum atomic E-state index is -4.46. The Morgan fingerprint density at radius 2 is 1.89 bits per heavy atom. The molecule has 0 saturated carbocycles. The minimum Gasteiger partial charge on any atom is -0.336 e. The molecule has 1 fully saturated rings. The van der Waals surface area contributed by atoms with Crippen molar-refractivity contribution in [2.75, 3.05) is 13.1 Å². The van der Waals surface area contributed by atoms with Crippen molar-refractivity contribution in [1.82, 2.24) is 19.7 Å². The highest BCUT2D eigenvalue weighted by atomic mass is 32.1. The molecular formula is C18H15F3N4OS. The van der Waals surface area contributed by atoms with Crippen LogP contribution in [-0.2, 0) is 6.18 Å². The molecule has 0 unspecified atom stereocenters. The van der Waals surface area contributed by atoms with Gasteiger partial charge in [-0.3, -0.25) is 4.79 Å². The number of likely N-dealkylation sites (tertiary alicyclic amines) is 1. The molecule has 0 radical (unpaired) electrons. The first kappa shape index (κ1) is 17.7. The Balaban J connectivity index is 1.80. The molecule has 0 atom stereocenters. The number of carbonyl (C=O) groups excluding carboxylic acids is 1. The number of nitrogens with zero attached hydrogens (tertiary/aromatic N) is 4. The lowest BCUT2D eigenvalue weighted by Gasteiger charge is -2.12. The van der Waals surface area contributed by atoms with Gasteiger partial charge in [0.25, 0.3) is 5.91 Å². The fraction of sp³-hybridized carbons (Fsp3) is 0.278. The minimum absolute atomic E-state index is 0.00212. The largest absolute Gasteiger partial charge is 0.416 e. The average Bonchev–Trinajstić information content (AvgIpc) is 3.41. The molecule has 9 heteroatoms. The van der Waals surface area contributed by atoms with Crippen LogP contribution in [0.25, 0.3) is 16.4 Å². The van der Waals surface area contributed by atoms with Gasteiger partial charge in [0.2, 0.25) is 5.82 Å². The molecule has 27 heavy (non-hydrogen) atoms. The lowest BCUT2D eigenvalue weighted by molar-refractivity contribution is -0.137. The molecule has 5 nitrogen and oxygen atoms in total. The molecule has 4 rings (SSSR count). The van der Waals surface area contributed by atoms with E-state index in [9.17, 15) is 18.0 Å². The van der Waals surface area contributed by atoms with Crippen molar-refractivity contribution in [1.29, 1.82) is 0 Å². The Morgan fingerprint density at radius 1 is 1.11 bits per heavy atom. The predicted octanol–water partition coefficient (Wildman–Crippen LogP) is 4.25. The highest BCUT2D eigenvalue weighted by Gasteiger charge is 2.31. The summed E-state index contributed by atoms with van der Waals surface area (Å²) in [5.41, 5.74) is -0.568. The summed E-state index contributed by atoms with van der Waals surface area (Å²) in [5, 5.41) is 6.09. The summed E-state index contributed by atoms with van der Waals surface area (Å²) < 4.78 is 40.6. The van der Waals surface area contributed by atoms with E-state index in [0.717, 1.165) is 29.9 Å². The topological polar surface area (TPSA) is 51.0 Å². The maximum atomic E-state index is 13.1. The van der Waals surface area contributed by atoms with E-state index in [1.807, 2.05) is 11.4 Å². The van der Waals surface area contributed by atoms with Gasteiger partial charge in [-0.15, -0.1) is 16.4 Å². The van der Waals surface area contributed by atoms with Crippen LogP contribution < -0.4 is 0 Å². The summed E-state index contributed by atoms with van der Waals surface area (Å²) in [4.78, 5) is 19.4. The van der Waals surface area contributed by atoms with E-state index in [1.165, 1.54) is 28.2 Å². The number of aromatic nitrogens is 3. The van der Waals surface area contributed by atoms with E-state index in [-0.39, 0.29) is 17.4 Å². The second kappa shape index (κ2) is 6.80. The zero-order chi connectivity index (χ0) is 19.0. The van der Waals surface area contributed by atoms with Crippen molar-refractivity contribution in [3.05, 3.63) is 53.2 Å². The summed E-state index contributed by atoms with van der Waals surface area (Å²) in [7, 11) is 0. The summed E-state index contributed by atoms with van der Waals surface area (Å²) in [6, 6.07) is 8.46. The number of alkyl halides is 3. The monoisotopic (exact) mass is 392 g/mol.